The Hall–Kier alpha value is -1.13. The number of halogens is 1. The molecule has 1 saturated heterocycles. The molecular weight excluding hydrogens is 274 g/mol. The van der Waals surface area contributed by atoms with Gasteiger partial charge in [-0.25, -0.2) is 0 Å². The van der Waals surface area contributed by atoms with E-state index in [4.69, 9.17) is 5.73 Å². The van der Waals surface area contributed by atoms with Crippen molar-refractivity contribution in [3.63, 3.8) is 0 Å². The van der Waals surface area contributed by atoms with Crippen LogP contribution >= 0.6 is 12.4 Å². The van der Waals surface area contributed by atoms with E-state index in [1.165, 1.54) is 6.42 Å². The van der Waals surface area contributed by atoms with E-state index in [0.29, 0.717) is 11.8 Å². The van der Waals surface area contributed by atoms with Crippen LogP contribution in [0, 0.1) is 11.8 Å². The number of rotatable bonds is 2. The van der Waals surface area contributed by atoms with E-state index in [1.807, 2.05) is 11.0 Å². The van der Waals surface area contributed by atoms with Gasteiger partial charge in [-0.15, -0.1) is 12.4 Å². The minimum Gasteiger partial charge on any atom is -0.338 e. The normalized spacial score (nSPS) is 28.1. The van der Waals surface area contributed by atoms with Crippen LogP contribution in [0.2, 0.25) is 0 Å². The molecule has 2 N–H and O–H groups in total. The molecule has 1 aliphatic carbocycles. The molecule has 2 heterocycles. The van der Waals surface area contributed by atoms with Crippen LogP contribution < -0.4 is 5.73 Å². The summed E-state index contributed by atoms with van der Waals surface area (Å²) in [5.41, 5.74) is 7.98. The Morgan fingerprint density at radius 1 is 1.45 bits per heavy atom. The van der Waals surface area contributed by atoms with E-state index in [2.05, 4.69) is 11.9 Å². The lowest BCUT2D eigenvalue weighted by molar-refractivity contribution is 0.0778. The summed E-state index contributed by atoms with van der Waals surface area (Å²) in [4.78, 5) is 18.7. The average molecular weight is 296 g/mol. The number of aromatic nitrogens is 1. The summed E-state index contributed by atoms with van der Waals surface area (Å²) in [6.07, 6.45) is 6.64. The van der Waals surface area contributed by atoms with E-state index in [9.17, 15) is 4.79 Å². The number of fused-ring (bicyclic) bond motifs is 1. The van der Waals surface area contributed by atoms with Gasteiger partial charge < -0.3 is 10.6 Å². The third-order valence-electron chi connectivity index (χ3n) is 4.71. The van der Waals surface area contributed by atoms with Crippen LogP contribution in [-0.2, 0) is 6.42 Å². The Morgan fingerprint density at radius 2 is 2.25 bits per heavy atom. The van der Waals surface area contributed by atoms with Crippen molar-refractivity contribution in [2.45, 2.75) is 32.2 Å². The largest absolute Gasteiger partial charge is 0.338 e. The van der Waals surface area contributed by atoms with Crippen molar-refractivity contribution in [2.24, 2.45) is 17.6 Å². The Kier molecular flexibility index (Phi) is 4.66. The summed E-state index contributed by atoms with van der Waals surface area (Å²) in [7, 11) is 0. The summed E-state index contributed by atoms with van der Waals surface area (Å²) in [6, 6.07) is 2.13. The highest BCUT2D eigenvalue weighted by Gasteiger charge is 2.42. The molecule has 3 unspecified atom stereocenters. The Labute approximate surface area is 126 Å². The van der Waals surface area contributed by atoms with Gasteiger partial charge in [-0.2, -0.15) is 0 Å². The Bertz CT molecular complexity index is 494. The van der Waals surface area contributed by atoms with E-state index >= 15 is 0 Å². The predicted molar refractivity (Wildman–Crippen MR) is 81.0 cm³/mol. The number of hydrogen-bond acceptors (Lipinski definition) is 3. The lowest BCUT2D eigenvalue weighted by Crippen LogP contribution is -2.33. The fraction of sp³-hybridized carbons (Fsp3) is 0.600. The maximum Gasteiger partial charge on any atom is 0.254 e. The molecule has 3 atom stereocenters. The molecule has 4 nitrogen and oxygen atoms in total. The molecule has 1 aromatic rings. The number of likely N-dealkylation sites (tertiary alicyclic amines) is 1. The molecule has 0 bridgehead atoms. The summed E-state index contributed by atoms with van der Waals surface area (Å²) in [5, 5.41) is 0. The highest BCUT2D eigenvalue weighted by Crippen LogP contribution is 2.37. The van der Waals surface area contributed by atoms with Crippen LogP contribution in [0.4, 0.5) is 0 Å². The van der Waals surface area contributed by atoms with Gasteiger partial charge in [0, 0.05) is 37.1 Å². The fourth-order valence-electron chi connectivity index (χ4n) is 3.56. The topological polar surface area (TPSA) is 59.2 Å². The Morgan fingerprint density at radius 3 is 2.95 bits per heavy atom. The molecular formula is C15H22ClN3O. The van der Waals surface area contributed by atoms with Crippen molar-refractivity contribution in [3.05, 3.63) is 29.6 Å². The minimum atomic E-state index is 0. The molecule has 1 aromatic heterocycles. The predicted octanol–water partition coefficient (Wildman–Crippen LogP) is 1.88. The summed E-state index contributed by atoms with van der Waals surface area (Å²) < 4.78 is 0. The maximum absolute atomic E-state index is 12.6. The third-order valence-corrected chi connectivity index (χ3v) is 4.71. The van der Waals surface area contributed by atoms with Crippen LogP contribution in [0.25, 0.3) is 0 Å². The first-order valence-corrected chi connectivity index (χ1v) is 7.18. The van der Waals surface area contributed by atoms with Crippen molar-refractivity contribution in [2.75, 3.05) is 13.1 Å². The first-order chi connectivity index (χ1) is 9.20. The van der Waals surface area contributed by atoms with E-state index < -0.39 is 0 Å². The van der Waals surface area contributed by atoms with Gasteiger partial charge in [0.05, 0.1) is 0 Å². The van der Waals surface area contributed by atoms with E-state index in [1.54, 1.807) is 12.4 Å². The lowest BCUT2D eigenvalue weighted by atomic mass is 9.98. The molecule has 0 radical (unpaired) electrons. The van der Waals surface area contributed by atoms with Gasteiger partial charge in [-0.3, -0.25) is 9.78 Å². The van der Waals surface area contributed by atoms with Gasteiger partial charge in [-0.1, -0.05) is 6.92 Å². The molecule has 5 heteroatoms. The van der Waals surface area contributed by atoms with Gasteiger partial charge in [0.1, 0.15) is 0 Å². The number of carbonyl (C=O) groups excluding carboxylic acids is 1. The number of hydrogen-bond donors (Lipinski definition) is 1. The molecule has 1 aliphatic heterocycles. The van der Waals surface area contributed by atoms with Crippen LogP contribution in [0.3, 0.4) is 0 Å². The minimum absolute atomic E-state index is 0. The number of aryl methyl sites for hydroxylation is 1. The molecule has 0 spiro atoms. The average Bonchev–Trinajstić information content (AvgIpc) is 3.00. The first kappa shape index (κ1) is 15.3. The molecule has 0 aromatic carbocycles. The van der Waals surface area contributed by atoms with Gasteiger partial charge in [0.15, 0.2) is 0 Å². The third kappa shape index (κ3) is 2.54. The van der Waals surface area contributed by atoms with Gasteiger partial charge in [0.2, 0.25) is 0 Å². The van der Waals surface area contributed by atoms with Crippen molar-refractivity contribution in [1.29, 1.82) is 0 Å². The zero-order chi connectivity index (χ0) is 13.4. The van der Waals surface area contributed by atoms with Crippen LogP contribution in [0.5, 0.6) is 0 Å². The molecule has 1 amide bonds. The summed E-state index contributed by atoms with van der Waals surface area (Å²) in [5.74, 6) is 1.28. The molecule has 2 aliphatic rings. The van der Waals surface area contributed by atoms with Crippen molar-refractivity contribution >= 4 is 18.3 Å². The molecule has 20 heavy (non-hydrogen) atoms. The SMILES string of the molecule is CCc1cnccc1C(=O)N1CC2CCC(N)C2C1.Cl. The van der Waals surface area contributed by atoms with Crippen LogP contribution in [0.1, 0.15) is 35.7 Å². The highest BCUT2D eigenvalue weighted by atomic mass is 35.5. The van der Waals surface area contributed by atoms with Crippen LogP contribution in [-0.4, -0.2) is 34.9 Å². The van der Waals surface area contributed by atoms with Crippen molar-refractivity contribution in [3.8, 4) is 0 Å². The monoisotopic (exact) mass is 295 g/mol. The summed E-state index contributed by atoms with van der Waals surface area (Å²) >= 11 is 0. The second kappa shape index (κ2) is 6.10. The lowest BCUT2D eigenvalue weighted by Gasteiger charge is -2.20. The van der Waals surface area contributed by atoms with E-state index in [-0.39, 0.29) is 24.4 Å². The van der Waals surface area contributed by atoms with Gasteiger partial charge >= 0.3 is 0 Å². The summed E-state index contributed by atoms with van der Waals surface area (Å²) in [6.45, 7) is 3.77. The van der Waals surface area contributed by atoms with Crippen LogP contribution in [0.15, 0.2) is 18.5 Å². The van der Waals surface area contributed by atoms with E-state index in [0.717, 1.165) is 37.1 Å². The zero-order valence-electron chi connectivity index (χ0n) is 11.8. The number of amides is 1. The number of nitrogens with two attached hydrogens (primary N) is 1. The highest BCUT2D eigenvalue weighted by molar-refractivity contribution is 5.95. The first-order valence-electron chi connectivity index (χ1n) is 7.18. The number of nitrogens with zero attached hydrogens (tertiary/aromatic N) is 2. The number of pyridine rings is 1. The quantitative estimate of drug-likeness (QED) is 0.906. The number of carbonyl (C=O) groups is 1. The molecule has 110 valence electrons. The smallest absolute Gasteiger partial charge is 0.254 e. The maximum atomic E-state index is 12.6. The molecule has 2 fully saturated rings. The standard InChI is InChI=1S/C15H21N3O.ClH/c1-2-10-7-17-6-5-12(10)15(19)18-8-11-3-4-14(16)13(11)9-18;/h5-7,11,13-14H,2-4,8-9,16H2,1H3;1H. The second-order valence-electron chi connectivity index (χ2n) is 5.76. The molecule has 3 rings (SSSR count). The van der Waals surface area contributed by atoms with Crippen molar-refractivity contribution < 1.29 is 4.79 Å². The fourth-order valence-corrected chi connectivity index (χ4v) is 3.56. The second-order valence-corrected chi connectivity index (χ2v) is 5.76. The molecule has 1 saturated carbocycles. The zero-order valence-corrected chi connectivity index (χ0v) is 12.6. The van der Waals surface area contributed by atoms with Gasteiger partial charge in [-0.05, 0) is 42.7 Å². The Balaban J connectivity index is 0.00000147. The van der Waals surface area contributed by atoms with Crippen molar-refractivity contribution in [1.82, 2.24) is 9.88 Å². The van der Waals surface area contributed by atoms with Gasteiger partial charge in [0.25, 0.3) is 5.91 Å².